The van der Waals surface area contributed by atoms with Crippen LogP contribution in [0.4, 0.5) is 17.6 Å². The Bertz CT molecular complexity index is 333. The Morgan fingerprint density at radius 1 is 0.947 bits per heavy atom. The number of aromatic nitrogens is 2. The number of unbranched alkanes of at least 4 members (excludes halogenated alkanes) is 7. The summed E-state index contributed by atoms with van der Waals surface area (Å²) < 4.78 is 0. The lowest BCUT2D eigenvalue weighted by molar-refractivity contribution is 0.581. The normalized spacial score (nSPS) is 10.6. The van der Waals surface area contributed by atoms with E-state index in [1.54, 1.807) is 6.07 Å². The molecule has 0 aliphatic heterocycles. The topological polar surface area (TPSA) is 89.8 Å². The van der Waals surface area contributed by atoms with E-state index in [1.165, 1.54) is 44.9 Å². The zero-order valence-corrected chi connectivity index (χ0v) is 12.0. The lowest BCUT2D eigenvalue weighted by Gasteiger charge is -2.06. The summed E-state index contributed by atoms with van der Waals surface area (Å²) in [5, 5.41) is 3.23. The quantitative estimate of drug-likeness (QED) is 0.565. The van der Waals surface area contributed by atoms with E-state index in [-0.39, 0.29) is 5.95 Å². The van der Waals surface area contributed by atoms with E-state index in [0.717, 1.165) is 13.0 Å². The fraction of sp³-hybridized carbons (Fsp3) is 0.714. The Morgan fingerprint density at radius 3 is 2.21 bits per heavy atom. The molecule has 1 rings (SSSR count). The fourth-order valence-corrected chi connectivity index (χ4v) is 2.05. The summed E-state index contributed by atoms with van der Waals surface area (Å²) >= 11 is 0. The second-order valence-corrected chi connectivity index (χ2v) is 4.94. The maximum absolute atomic E-state index is 5.60. The van der Waals surface area contributed by atoms with E-state index >= 15 is 0 Å². The predicted octanol–water partition coefficient (Wildman–Crippen LogP) is 3.19. The van der Waals surface area contributed by atoms with Crippen LogP contribution in [0.25, 0.3) is 0 Å². The summed E-state index contributed by atoms with van der Waals surface area (Å²) in [5.74, 6) is 1.34. The van der Waals surface area contributed by atoms with Crippen molar-refractivity contribution in [2.75, 3.05) is 23.3 Å². The van der Waals surface area contributed by atoms with Gasteiger partial charge in [0.2, 0.25) is 5.95 Å². The molecule has 0 radical (unpaired) electrons. The Labute approximate surface area is 116 Å². The molecule has 108 valence electrons. The highest BCUT2D eigenvalue weighted by atomic mass is 15.1. The van der Waals surface area contributed by atoms with Gasteiger partial charge in [0.1, 0.15) is 11.6 Å². The molecule has 0 spiro atoms. The Kier molecular flexibility index (Phi) is 7.70. The molecule has 5 N–H and O–H groups in total. The lowest BCUT2D eigenvalue weighted by Crippen LogP contribution is -2.07. The van der Waals surface area contributed by atoms with Crippen LogP contribution in [-0.2, 0) is 0 Å². The van der Waals surface area contributed by atoms with Crippen LogP contribution in [0.3, 0.4) is 0 Å². The van der Waals surface area contributed by atoms with E-state index < -0.39 is 0 Å². The van der Waals surface area contributed by atoms with E-state index in [4.69, 9.17) is 11.5 Å². The average Bonchev–Trinajstić information content (AvgIpc) is 2.36. The molecule has 19 heavy (non-hydrogen) atoms. The van der Waals surface area contributed by atoms with Crippen LogP contribution in [0.1, 0.15) is 58.3 Å². The minimum atomic E-state index is 0.221. The standard InChI is InChI=1S/C14H27N5/c1-2-3-4-5-6-7-8-9-10-17-13-11-12(15)18-14(16)19-13/h11H,2-10H2,1H3,(H5,15,16,17,18,19). The number of nitrogens with one attached hydrogen (secondary N) is 1. The highest BCUT2D eigenvalue weighted by Gasteiger charge is 1.98. The largest absolute Gasteiger partial charge is 0.383 e. The van der Waals surface area contributed by atoms with Crippen LogP contribution < -0.4 is 16.8 Å². The Balaban J connectivity index is 2.01. The van der Waals surface area contributed by atoms with E-state index in [9.17, 15) is 0 Å². The number of hydrogen-bond donors (Lipinski definition) is 3. The number of nitrogens with zero attached hydrogens (tertiary/aromatic N) is 2. The van der Waals surface area contributed by atoms with Gasteiger partial charge in [-0.05, 0) is 6.42 Å². The van der Waals surface area contributed by atoms with Crippen molar-refractivity contribution in [3.63, 3.8) is 0 Å². The molecule has 0 saturated carbocycles. The molecule has 0 atom stereocenters. The summed E-state index contributed by atoms with van der Waals surface area (Å²) in [7, 11) is 0. The second kappa shape index (κ2) is 9.42. The monoisotopic (exact) mass is 265 g/mol. The maximum atomic E-state index is 5.60. The number of hydrogen-bond acceptors (Lipinski definition) is 5. The van der Waals surface area contributed by atoms with Gasteiger partial charge in [-0.1, -0.05) is 51.9 Å². The highest BCUT2D eigenvalue weighted by molar-refractivity contribution is 5.48. The second-order valence-electron chi connectivity index (χ2n) is 4.94. The molecule has 1 heterocycles. The van der Waals surface area contributed by atoms with Gasteiger partial charge in [-0.25, -0.2) is 0 Å². The minimum Gasteiger partial charge on any atom is -0.383 e. The first-order valence-electron chi connectivity index (χ1n) is 7.36. The molecule has 0 fully saturated rings. The van der Waals surface area contributed by atoms with Crippen molar-refractivity contribution in [2.45, 2.75) is 58.3 Å². The number of rotatable bonds is 10. The Morgan fingerprint density at radius 2 is 1.58 bits per heavy atom. The van der Waals surface area contributed by atoms with Crippen LogP contribution in [0, 0.1) is 0 Å². The molecular formula is C14H27N5. The van der Waals surface area contributed by atoms with Gasteiger partial charge in [0, 0.05) is 12.6 Å². The van der Waals surface area contributed by atoms with Crippen LogP contribution in [-0.4, -0.2) is 16.5 Å². The molecule has 0 amide bonds. The van der Waals surface area contributed by atoms with Gasteiger partial charge in [0.15, 0.2) is 0 Å². The van der Waals surface area contributed by atoms with Gasteiger partial charge < -0.3 is 16.8 Å². The molecule has 1 aromatic rings. The molecular weight excluding hydrogens is 238 g/mol. The zero-order valence-electron chi connectivity index (χ0n) is 12.0. The highest BCUT2D eigenvalue weighted by Crippen LogP contribution is 2.11. The Hall–Kier alpha value is -1.52. The first-order chi connectivity index (χ1) is 9.22. The SMILES string of the molecule is CCCCCCCCCCNc1cc(N)nc(N)n1. The van der Waals surface area contributed by atoms with Crippen LogP contribution in [0.15, 0.2) is 6.07 Å². The smallest absolute Gasteiger partial charge is 0.223 e. The maximum Gasteiger partial charge on any atom is 0.223 e. The van der Waals surface area contributed by atoms with Crippen molar-refractivity contribution in [3.8, 4) is 0 Å². The van der Waals surface area contributed by atoms with Crippen LogP contribution in [0.5, 0.6) is 0 Å². The number of nitrogens with two attached hydrogens (primary N) is 2. The summed E-state index contributed by atoms with van der Waals surface area (Å²) in [6.07, 6.45) is 10.5. The third kappa shape index (κ3) is 7.49. The van der Waals surface area contributed by atoms with Crippen molar-refractivity contribution in [3.05, 3.63) is 6.07 Å². The molecule has 0 aliphatic carbocycles. The molecule has 0 aliphatic rings. The van der Waals surface area contributed by atoms with Crippen molar-refractivity contribution in [2.24, 2.45) is 0 Å². The summed E-state index contributed by atoms with van der Waals surface area (Å²) in [6, 6.07) is 1.71. The van der Waals surface area contributed by atoms with Crippen molar-refractivity contribution in [1.82, 2.24) is 9.97 Å². The minimum absolute atomic E-state index is 0.221. The van der Waals surface area contributed by atoms with Crippen molar-refractivity contribution < 1.29 is 0 Å². The van der Waals surface area contributed by atoms with Gasteiger partial charge in [0.25, 0.3) is 0 Å². The third-order valence-corrected chi connectivity index (χ3v) is 3.10. The molecule has 0 saturated heterocycles. The van der Waals surface area contributed by atoms with Gasteiger partial charge in [0.05, 0.1) is 0 Å². The molecule has 0 unspecified atom stereocenters. The van der Waals surface area contributed by atoms with Gasteiger partial charge in [-0.3, -0.25) is 0 Å². The first-order valence-corrected chi connectivity index (χ1v) is 7.36. The summed E-state index contributed by atoms with van der Waals surface area (Å²) in [4.78, 5) is 7.91. The van der Waals surface area contributed by atoms with Crippen LogP contribution in [0.2, 0.25) is 0 Å². The van der Waals surface area contributed by atoms with Crippen molar-refractivity contribution in [1.29, 1.82) is 0 Å². The summed E-state index contributed by atoms with van der Waals surface area (Å²) in [6.45, 7) is 3.16. The zero-order chi connectivity index (χ0) is 13.9. The number of anilines is 3. The van der Waals surface area contributed by atoms with E-state index in [2.05, 4.69) is 22.2 Å². The molecule has 0 aromatic carbocycles. The van der Waals surface area contributed by atoms with Gasteiger partial charge in [-0.15, -0.1) is 0 Å². The fourth-order valence-electron chi connectivity index (χ4n) is 2.05. The van der Waals surface area contributed by atoms with Gasteiger partial charge >= 0.3 is 0 Å². The van der Waals surface area contributed by atoms with Crippen molar-refractivity contribution >= 4 is 17.6 Å². The van der Waals surface area contributed by atoms with E-state index in [1.807, 2.05) is 0 Å². The third-order valence-electron chi connectivity index (χ3n) is 3.10. The van der Waals surface area contributed by atoms with Crippen LogP contribution >= 0.6 is 0 Å². The molecule has 1 aromatic heterocycles. The molecule has 5 nitrogen and oxygen atoms in total. The van der Waals surface area contributed by atoms with Gasteiger partial charge in [-0.2, -0.15) is 9.97 Å². The molecule has 0 bridgehead atoms. The summed E-state index contributed by atoms with van der Waals surface area (Å²) in [5.41, 5.74) is 11.1. The first kappa shape index (κ1) is 15.5. The average molecular weight is 265 g/mol. The predicted molar refractivity (Wildman–Crippen MR) is 82.0 cm³/mol. The van der Waals surface area contributed by atoms with E-state index in [0.29, 0.717) is 11.6 Å². The lowest BCUT2D eigenvalue weighted by atomic mass is 10.1. The molecule has 5 heteroatoms. The number of nitrogen functional groups attached to an aromatic ring is 2.